The van der Waals surface area contributed by atoms with Gasteiger partial charge in [0.15, 0.2) is 5.82 Å². The molecule has 0 spiro atoms. The zero-order chi connectivity index (χ0) is 14.6. The Morgan fingerprint density at radius 1 is 1.26 bits per heavy atom. The Morgan fingerprint density at radius 2 is 1.84 bits per heavy atom. The first-order valence-corrected chi connectivity index (χ1v) is 5.42. The molecule has 0 bridgehead atoms. The molecule has 0 aliphatic rings. The van der Waals surface area contributed by atoms with Crippen LogP contribution in [-0.2, 0) is 6.18 Å². The van der Waals surface area contributed by atoms with E-state index in [-0.39, 0.29) is 0 Å². The number of nitrogens with zero attached hydrogens (tertiary/aromatic N) is 2. The van der Waals surface area contributed by atoms with Gasteiger partial charge in [0.25, 0.3) is 0 Å². The highest BCUT2D eigenvalue weighted by molar-refractivity contribution is 9.10. The summed E-state index contributed by atoms with van der Waals surface area (Å²) in [6, 6.07) is 5.03. The molecule has 3 nitrogen and oxygen atoms in total. The van der Waals surface area contributed by atoms with Crippen LogP contribution >= 0.6 is 15.9 Å². The molecule has 0 heterocycles. The molecular weight excluding hydrogens is 330 g/mol. The lowest BCUT2D eigenvalue weighted by molar-refractivity contribution is -0.140. The van der Waals surface area contributed by atoms with Crippen molar-refractivity contribution in [2.45, 2.75) is 6.18 Å². The molecule has 0 radical (unpaired) electrons. The van der Waals surface area contributed by atoms with Crippen LogP contribution in [0.5, 0.6) is 0 Å². The molecule has 0 fully saturated rings. The molecule has 0 amide bonds. The van der Waals surface area contributed by atoms with Crippen LogP contribution in [-0.4, -0.2) is 0 Å². The minimum atomic E-state index is -4.86. The van der Waals surface area contributed by atoms with Crippen molar-refractivity contribution in [2.24, 2.45) is 0 Å². The first kappa shape index (κ1) is 15.0. The van der Waals surface area contributed by atoms with Crippen molar-refractivity contribution in [3.05, 3.63) is 39.8 Å². The number of nitriles is 2. The van der Waals surface area contributed by atoms with Gasteiger partial charge in [0.05, 0.1) is 5.69 Å². The van der Waals surface area contributed by atoms with Gasteiger partial charge < -0.3 is 5.32 Å². The molecule has 0 saturated heterocycles. The van der Waals surface area contributed by atoms with Crippen molar-refractivity contribution in [1.29, 1.82) is 10.5 Å². The van der Waals surface area contributed by atoms with Crippen LogP contribution in [0.3, 0.4) is 0 Å². The Balaban J connectivity index is 3.24. The van der Waals surface area contributed by atoms with Gasteiger partial charge in [0.2, 0.25) is 0 Å². The molecule has 0 saturated carbocycles. The predicted octanol–water partition coefficient (Wildman–Crippen LogP) is 3.95. The highest BCUT2D eigenvalue weighted by atomic mass is 79.9. The van der Waals surface area contributed by atoms with Crippen molar-refractivity contribution < 1.29 is 17.6 Å². The van der Waals surface area contributed by atoms with Crippen LogP contribution in [0.15, 0.2) is 28.4 Å². The smallest absolute Gasteiger partial charge is 0.357 e. The topological polar surface area (TPSA) is 59.6 Å². The monoisotopic (exact) mass is 333 g/mol. The van der Waals surface area contributed by atoms with Gasteiger partial charge in [-0.05, 0) is 12.1 Å². The summed E-state index contributed by atoms with van der Waals surface area (Å²) in [6.07, 6.45) is -4.04. The quantitative estimate of drug-likeness (QED) is 0.658. The average molecular weight is 334 g/mol. The molecule has 1 aromatic carbocycles. The molecule has 0 aromatic heterocycles. The summed E-state index contributed by atoms with van der Waals surface area (Å²) in [7, 11) is 0. The molecule has 19 heavy (non-hydrogen) atoms. The number of benzene rings is 1. The number of allylic oxidation sites excluding steroid dienone is 1. The van der Waals surface area contributed by atoms with Crippen LogP contribution in [0.25, 0.3) is 0 Å². The van der Waals surface area contributed by atoms with Gasteiger partial charge in [-0.15, -0.1) is 0 Å². The van der Waals surface area contributed by atoms with Gasteiger partial charge in [0.1, 0.15) is 23.3 Å². The lowest BCUT2D eigenvalue weighted by Gasteiger charge is -2.13. The number of nitrogens with one attached hydrogen (secondary N) is 1. The number of alkyl halides is 3. The van der Waals surface area contributed by atoms with E-state index >= 15 is 0 Å². The third-order valence-electron chi connectivity index (χ3n) is 1.99. The van der Waals surface area contributed by atoms with Gasteiger partial charge in [-0.25, -0.2) is 4.39 Å². The van der Waals surface area contributed by atoms with E-state index in [4.69, 9.17) is 10.5 Å². The molecule has 0 aliphatic carbocycles. The van der Waals surface area contributed by atoms with E-state index in [1.807, 2.05) is 0 Å². The summed E-state index contributed by atoms with van der Waals surface area (Å²) in [6.45, 7) is 0. The number of rotatable bonds is 2. The average Bonchev–Trinajstić information content (AvgIpc) is 2.31. The van der Waals surface area contributed by atoms with Crippen LogP contribution in [0.2, 0.25) is 0 Å². The fraction of sp³-hybridized carbons (Fsp3) is 0.0909. The second-order valence-corrected chi connectivity index (χ2v) is 4.06. The van der Waals surface area contributed by atoms with Crippen LogP contribution < -0.4 is 5.32 Å². The molecular formula is C11H4BrF4N3. The number of hydrogen-bond acceptors (Lipinski definition) is 3. The fourth-order valence-electron chi connectivity index (χ4n) is 1.16. The molecule has 0 aliphatic heterocycles. The summed E-state index contributed by atoms with van der Waals surface area (Å²) in [5.74, 6) is -1.52. The molecule has 1 rings (SSSR count). The largest absolute Gasteiger partial charge is 0.420 e. The summed E-state index contributed by atoms with van der Waals surface area (Å²) >= 11 is 2.62. The first-order valence-electron chi connectivity index (χ1n) is 4.63. The Bertz CT molecular complexity index is 592. The Kier molecular flexibility index (Phi) is 4.52. The Hall–Kier alpha value is -2.06. The van der Waals surface area contributed by atoms with Crippen LogP contribution in [0, 0.1) is 28.5 Å². The van der Waals surface area contributed by atoms with E-state index < -0.39 is 33.3 Å². The summed E-state index contributed by atoms with van der Waals surface area (Å²) < 4.78 is 51.1. The van der Waals surface area contributed by atoms with E-state index in [1.165, 1.54) is 12.1 Å². The maximum Gasteiger partial charge on any atom is 0.420 e. The maximum absolute atomic E-state index is 13.7. The van der Waals surface area contributed by atoms with Gasteiger partial charge in [-0.1, -0.05) is 15.9 Å². The van der Waals surface area contributed by atoms with Crippen molar-refractivity contribution >= 4 is 21.6 Å². The van der Waals surface area contributed by atoms with Crippen LogP contribution in [0.4, 0.5) is 23.2 Å². The standard InChI is InChI=1S/C11H4BrF4N3/c12-7-1-2-8(19-5-6(3-17)4-18)10(13)9(7)11(14,15)16/h1-2,5,19H. The van der Waals surface area contributed by atoms with Crippen molar-refractivity contribution in [2.75, 3.05) is 5.32 Å². The highest BCUT2D eigenvalue weighted by Gasteiger charge is 2.37. The highest BCUT2D eigenvalue weighted by Crippen LogP contribution is 2.39. The normalized spacial score (nSPS) is 10.3. The SMILES string of the molecule is N#CC(C#N)=CNc1ccc(Br)c(C(F)(F)F)c1F. The molecule has 98 valence electrons. The van der Waals surface area contributed by atoms with E-state index in [9.17, 15) is 17.6 Å². The maximum atomic E-state index is 13.7. The molecule has 0 unspecified atom stereocenters. The minimum absolute atomic E-state index is 0.393. The zero-order valence-electron chi connectivity index (χ0n) is 9.02. The third-order valence-corrected chi connectivity index (χ3v) is 2.65. The van der Waals surface area contributed by atoms with E-state index in [0.29, 0.717) is 0 Å². The third kappa shape index (κ3) is 3.46. The van der Waals surface area contributed by atoms with E-state index in [2.05, 4.69) is 21.2 Å². The van der Waals surface area contributed by atoms with E-state index in [1.54, 1.807) is 0 Å². The van der Waals surface area contributed by atoms with Gasteiger partial charge >= 0.3 is 6.18 Å². The minimum Gasteiger partial charge on any atom is -0.357 e. The fourth-order valence-corrected chi connectivity index (χ4v) is 1.69. The lowest BCUT2D eigenvalue weighted by Crippen LogP contribution is -2.11. The summed E-state index contributed by atoms with van der Waals surface area (Å²) in [4.78, 5) is 0. The Labute approximate surface area is 113 Å². The number of anilines is 1. The van der Waals surface area contributed by atoms with Gasteiger partial charge in [-0.3, -0.25) is 0 Å². The molecule has 0 atom stereocenters. The van der Waals surface area contributed by atoms with E-state index in [0.717, 1.165) is 18.3 Å². The molecule has 1 aromatic rings. The Morgan fingerprint density at radius 3 is 2.32 bits per heavy atom. The molecule has 8 heteroatoms. The molecule has 1 N–H and O–H groups in total. The lowest BCUT2D eigenvalue weighted by atomic mass is 10.1. The second-order valence-electron chi connectivity index (χ2n) is 3.21. The van der Waals surface area contributed by atoms with Crippen LogP contribution in [0.1, 0.15) is 5.56 Å². The summed E-state index contributed by atoms with van der Waals surface area (Å²) in [5.41, 5.74) is -2.34. The van der Waals surface area contributed by atoms with Gasteiger partial charge in [0, 0.05) is 10.7 Å². The van der Waals surface area contributed by atoms with Crippen molar-refractivity contribution in [1.82, 2.24) is 0 Å². The predicted molar refractivity (Wildman–Crippen MR) is 62.0 cm³/mol. The second kappa shape index (κ2) is 5.72. The van der Waals surface area contributed by atoms with Crippen molar-refractivity contribution in [3.8, 4) is 12.1 Å². The van der Waals surface area contributed by atoms with Crippen molar-refractivity contribution in [3.63, 3.8) is 0 Å². The number of hydrogen-bond donors (Lipinski definition) is 1. The first-order chi connectivity index (χ1) is 8.81. The zero-order valence-corrected chi connectivity index (χ0v) is 10.6. The van der Waals surface area contributed by atoms with Gasteiger partial charge in [-0.2, -0.15) is 23.7 Å². The summed E-state index contributed by atoms with van der Waals surface area (Å²) in [5, 5.41) is 19.0. The number of halogens is 5.